The standard InChI is InChI=1S/C9H12N4/c1-7-3-4-8-9(5-7)12-13(11-8)6-10-2/h3-5,10H,6H2,1-2H3. The molecule has 1 heterocycles. The molecule has 0 bridgehead atoms. The molecule has 68 valence electrons. The smallest absolute Gasteiger partial charge is 0.113 e. The van der Waals surface area contributed by atoms with Crippen LogP contribution in [0.4, 0.5) is 0 Å². The van der Waals surface area contributed by atoms with Crippen LogP contribution in [0.1, 0.15) is 5.56 Å². The highest BCUT2D eigenvalue weighted by Gasteiger charge is 2.00. The number of rotatable bonds is 2. The van der Waals surface area contributed by atoms with Crippen LogP contribution >= 0.6 is 0 Å². The van der Waals surface area contributed by atoms with Crippen LogP contribution in [-0.2, 0) is 6.67 Å². The lowest BCUT2D eigenvalue weighted by molar-refractivity contribution is 0.498. The van der Waals surface area contributed by atoms with E-state index in [1.54, 1.807) is 4.80 Å². The highest BCUT2D eigenvalue weighted by atomic mass is 15.5. The van der Waals surface area contributed by atoms with Gasteiger partial charge in [-0.25, -0.2) is 0 Å². The van der Waals surface area contributed by atoms with E-state index in [1.807, 2.05) is 25.2 Å². The fraction of sp³-hybridized carbons (Fsp3) is 0.333. The van der Waals surface area contributed by atoms with Gasteiger partial charge in [-0.15, -0.1) is 0 Å². The fourth-order valence-electron chi connectivity index (χ4n) is 1.28. The zero-order valence-corrected chi connectivity index (χ0v) is 7.78. The first-order valence-electron chi connectivity index (χ1n) is 4.26. The molecule has 0 radical (unpaired) electrons. The molecule has 0 aliphatic heterocycles. The predicted octanol–water partition coefficient (Wildman–Crippen LogP) is 0.917. The Balaban J connectivity index is 2.49. The van der Waals surface area contributed by atoms with Crippen LogP contribution in [0, 0.1) is 6.92 Å². The molecule has 1 aromatic carbocycles. The molecule has 0 fully saturated rings. The Morgan fingerprint density at radius 3 is 2.85 bits per heavy atom. The number of hydrogen-bond donors (Lipinski definition) is 1. The molecular weight excluding hydrogens is 164 g/mol. The summed E-state index contributed by atoms with van der Waals surface area (Å²) >= 11 is 0. The lowest BCUT2D eigenvalue weighted by Crippen LogP contribution is -2.15. The van der Waals surface area contributed by atoms with Crippen molar-refractivity contribution < 1.29 is 0 Å². The third-order valence-electron chi connectivity index (χ3n) is 1.88. The van der Waals surface area contributed by atoms with Crippen molar-refractivity contribution >= 4 is 11.0 Å². The van der Waals surface area contributed by atoms with Crippen LogP contribution in [0.15, 0.2) is 18.2 Å². The topological polar surface area (TPSA) is 42.7 Å². The minimum atomic E-state index is 0.647. The van der Waals surface area contributed by atoms with Crippen molar-refractivity contribution in [2.24, 2.45) is 0 Å². The molecule has 0 atom stereocenters. The lowest BCUT2D eigenvalue weighted by atomic mass is 10.2. The van der Waals surface area contributed by atoms with Gasteiger partial charge < -0.3 is 0 Å². The summed E-state index contributed by atoms with van der Waals surface area (Å²) in [7, 11) is 1.87. The van der Waals surface area contributed by atoms with E-state index in [4.69, 9.17) is 0 Å². The summed E-state index contributed by atoms with van der Waals surface area (Å²) < 4.78 is 0. The Bertz CT molecular complexity index is 418. The molecule has 0 aliphatic rings. The van der Waals surface area contributed by atoms with E-state index >= 15 is 0 Å². The number of aromatic nitrogens is 3. The molecule has 2 rings (SSSR count). The molecule has 0 saturated carbocycles. The van der Waals surface area contributed by atoms with Crippen LogP contribution in [0.5, 0.6) is 0 Å². The van der Waals surface area contributed by atoms with E-state index in [1.165, 1.54) is 5.56 Å². The van der Waals surface area contributed by atoms with Crippen LogP contribution < -0.4 is 5.32 Å². The van der Waals surface area contributed by atoms with Gasteiger partial charge in [-0.05, 0) is 31.7 Å². The number of nitrogens with zero attached hydrogens (tertiary/aromatic N) is 3. The zero-order chi connectivity index (χ0) is 9.26. The van der Waals surface area contributed by atoms with Crippen LogP contribution in [-0.4, -0.2) is 22.0 Å². The second-order valence-electron chi connectivity index (χ2n) is 3.08. The van der Waals surface area contributed by atoms with E-state index in [0.717, 1.165) is 11.0 Å². The van der Waals surface area contributed by atoms with Crippen molar-refractivity contribution in [3.8, 4) is 0 Å². The van der Waals surface area contributed by atoms with E-state index < -0.39 is 0 Å². The quantitative estimate of drug-likeness (QED) is 0.739. The molecule has 1 N–H and O–H groups in total. The molecular formula is C9H12N4. The summed E-state index contributed by atoms with van der Waals surface area (Å²) in [5.74, 6) is 0. The van der Waals surface area contributed by atoms with E-state index in [0.29, 0.717) is 6.67 Å². The average molecular weight is 176 g/mol. The van der Waals surface area contributed by atoms with Crippen LogP contribution in [0.25, 0.3) is 11.0 Å². The highest BCUT2D eigenvalue weighted by Crippen LogP contribution is 2.10. The third kappa shape index (κ3) is 1.53. The number of nitrogens with one attached hydrogen (secondary N) is 1. The molecule has 0 amide bonds. The number of aryl methyl sites for hydroxylation is 1. The number of hydrogen-bond acceptors (Lipinski definition) is 3. The summed E-state index contributed by atoms with van der Waals surface area (Å²) in [6.07, 6.45) is 0. The lowest BCUT2D eigenvalue weighted by Gasteiger charge is -1.93. The number of benzene rings is 1. The van der Waals surface area contributed by atoms with E-state index in [2.05, 4.69) is 22.4 Å². The SMILES string of the molecule is CNCn1nc2ccc(C)cc2n1. The van der Waals surface area contributed by atoms with Crippen molar-refractivity contribution in [2.75, 3.05) is 7.05 Å². The molecule has 2 aromatic rings. The van der Waals surface area contributed by atoms with Gasteiger partial charge in [-0.1, -0.05) is 6.07 Å². The average Bonchev–Trinajstić information content (AvgIpc) is 2.46. The Hall–Kier alpha value is -1.42. The first-order chi connectivity index (χ1) is 6.29. The van der Waals surface area contributed by atoms with Gasteiger partial charge in [-0.3, -0.25) is 5.32 Å². The summed E-state index contributed by atoms with van der Waals surface area (Å²) in [4.78, 5) is 1.66. The summed E-state index contributed by atoms with van der Waals surface area (Å²) in [6, 6.07) is 6.07. The molecule has 0 unspecified atom stereocenters. The van der Waals surface area contributed by atoms with Gasteiger partial charge in [0.1, 0.15) is 17.7 Å². The first-order valence-corrected chi connectivity index (χ1v) is 4.26. The van der Waals surface area contributed by atoms with Crippen LogP contribution in [0.2, 0.25) is 0 Å². The Morgan fingerprint density at radius 2 is 2.08 bits per heavy atom. The maximum absolute atomic E-state index is 4.31. The maximum atomic E-state index is 4.31. The van der Waals surface area contributed by atoms with Gasteiger partial charge in [0.05, 0.1) is 0 Å². The summed E-state index contributed by atoms with van der Waals surface area (Å²) in [6.45, 7) is 2.70. The summed E-state index contributed by atoms with van der Waals surface area (Å²) in [5, 5.41) is 11.6. The van der Waals surface area contributed by atoms with Crippen molar-refractivity contribution in [1.29, 1.82) is 0 Å². The molecule has 13 heavy (non-hydrogen) atoms. The fourth-order valence-corrected chi connectivity index (χ4v) is 1.28. The van der Waals surface area contributed by atoms with E-state index in [-0.39, 0.29) is 0 Å². The Labute approximate surface area is 76.6 Å². The van der Waals surface area contributed by atoms with Crippen molar-refractivity contribution in [1.82, 2.24) is 20.3 Å². The molecule has 4 heteroatoms. The molecule has 4 nitrogen and oxygen atoms in total. The van der Waals surface area contributed by atoms with Crippen molar-refractivity contribution in [3.63, 3.8) is 0 Å². The normalized spacial score (nSPS) is 10.9. The van der Waals surface area contributed by atoms with Gasteiger partial charge in [0.25, 0.3) is 0 Å². The van der Waals surface area contributed by atoms with Crippen molar-refractivity contribution in [2.45, 2.75) is 13.6 Å². The van der Waals surface area contributed by atoms with Gasteiger partial charge in [0, 0.05) is 0 Å². The number of fused-ring (bicyclic) bond motifs is 1. The van der Waals surface area contributed by atoms with Crippen LogP contribution in [0.3, 0.4) is 0 Å². The second-order valence-corrected chi connectivity index (χ2v) is 3.08. The van der Waals surface area contributed by atoms with Gasteiger partial charge in [-0.2, -0.15) is 15.0 Å². The Kier molecular flexibility index (Phi) is 1.98. The minimum Gasteiger partial charge on any atom is -0.300 e. The minimum absolute atomic E-state index is 0.647. The zero-order valence-electron chi connectivity index (χ0n) is 7.78. The largest absolute Gasteiger partial charge is 0.300 e. The predicted molar refractivity (Wildman–Crippen MR) is 51.3 cm³/mol. The second kappa shape index (κ2) is 3.14. The van der Waals surface area contributed by atoms with Crippen molar-refractivity contribution in [3.05, 3.63) is 23.8 Å². The van der Waals surface area contributed by atoms with Gasteiger partial charge >= 0.3 is 0 Å². The van der Waals surface area contributed by atoms with E-state index in [9.17, 15) is 0 Å². The Morgan fingerprint density at radius 1 is 1.31 bits per heavy atom. The highest BCUT2D eigenvalue weighted by molar-refractivity contribution is 5.74. The van der Waals surface area contributed by atoms with Gasteiger partial charge in [0.2, 0.25) is 0 Å². The molecule has 0 aliphatic carbocycles. The maximum Gasteiger partial charge on any atom is 0.113 e. The monoisotopic (exact) mass is 176 g/mol. The molecule has 0 saturated heterocycles. The van der Waals surface area contributed by atoms with Gasteiger partial charge in [0.15, 0.2) is 0 Å². The molecule has 1 aromatic heterocycles. The third-order valence-corrected chi connectivity index (χ3v) is 1.88. The first kappa shape index (κ1) is 8.19. The summed E-state index contributed by atoms with van der Waals surface area (Å²) in [5.41, 5.74) is 3.11. The molecule has 0 spiro atoms.